The second-order valence-corrected chi connectivity index (χ2v) is 7.47. The minimum Gasteiger partial charge on any atom is -0.482 e. The molecule has 2 rings (SSSR count). The number of hydrogen-bond donors (Lipinski definition) is 0. The molecule has 0 saturated carbocycles. The van der Waals surface area contributed by atoms with Crippen LogP contribution in [0, 0.1) is 3.57 Å². The Morgan fingerprint density at radius 1 is 1.07 bits per heavy atom. The molecular formula is C19H24INO8. The molecule has 0 aliphatic carbocycles. The van der Waals surface area contributed by atoms with Gasteiger partial charge in [0.25, 0.3) is 0 Å². The van der Waals surface area contributed by atoms with Gasteiger partial charge in [-0.1, -0.05) is 0 Å². The van der Waals surface area contributed by atoms with E-state index >= 15 is 0 Å². The van der Waals surface area contributed by atoms with E-state index in [9.17, 15) is 14.4 Å². The lowest BCUT2D eigenvalue weighted by atomic mass is 10.3. The number of esters is 3. The average Bonchev–Trinajstić information content (AvgIpc) is 2.70. The van der Waals surface area contributed by atoms with Crippen LogP contribution < -0.4 is 4.74 Å². The Kier molecular flexibility index (Phi) is 10.2. The zero-order valence-electron chi connectivity index (χ0n) is 16.1. The first-order chi connectivity index (χ1) is 13.9. The van der Waals surface area contributed by atoms with Gasteiger partial charge in [-0.25, -0.2) is 4.79 Å². The normalized spacial score (nSPS) is 15.2. The summed E-state index contributed by atoms with van der Waals surface area (Å²) in [5.74, 6) is -1.10. The van der Waals surface area contributed by atoms with Crippen molar-refractivity contribution in [1.82, 2.24) is 4.90 Å². The fourth-order valence-electron chi connectivity index (χ4n) is 2.39. The van der Waals surface area contributed by atoms with E-state index in [0.29, 0.717) is 32.1 Å². The van der Waals surface area contributed by atoms with E-state index in [0.717, 1.165) is 3.57 Å². The number of benzene rings is 1. The summed E-state index contributed by atoms with van der Waals surface area (Å²) in [4.78, 5) is 37.0. The maximum absolute atomic E-state index is 12.1. The fraction of sp³-hybridized carbons (Fsp3) is 0.526. The third kappa shape index (κ3) is 9.90. The second-order valence-electron chi connectivity index (χ2n) is 6.23. The molecule has 1 aromatic carbocycles. The van der Waals surface area contributed by atoms with Crippen molar-refractivity contribution in [2.75, 3.05) is 52.7 Å². The van der Waals surface area contributed by atoms with Crippen LogP contribution >= 0.6 is 22.6 Å². The van der Waals surface area contributed by atoms with Gasteiger partial charge in [0, 0.05) is 23.6 Å². The van der Waals surface area contributed by atoms with E-state index < -0.39 is 24.0 Å². The molecule has 0 bridgehead atoms. The molecule has 29 heavy (non-hydrogen) atoms. The molecule has 0 radical (unpaired) electrons. The largest absolute Gasteiger partial charge is 0.482 e. The van der Waals surface area contributed by atoms with Gasteiger partial charge in [0.1, 0.15) is 19.0 Å². The van der Waals surface area contributed by atoms with Gasteiger partial charge in [0.15, 0.2) is 12.7 Å². The predicted octanol–water partition coefficient (Wildman–Crippen LogP) is 1.02. The molecule has 0 spiro atoms. The molecule has 1 atom stereocenters. The highest BCUT2D eigenvalue weighted by Crippen LogP contribution is 2.13. The average molecular weight is 521 g/mol. The number of rotatable bonds is 10. The van der Waals surface area contributed by atoms with E-state index in [1.54, 1.807) is 12.1 Å². The Labute approximate surface area is 182 Å². The van der Waals surface area contributed by atoms with Gasteiger partial charge < -0.3 is 23.7 Å². The van der Waals surface area contributed by atoms with Crippen molar-refractivity contribution < 1.29 is 38.1 Å². The lowest BCUT2D eigenvalue weighted by Gasteiger charge is -2.26. The van der Waals surface area contributed by atoms with Gasteiger partial charge in [-0.15, -0.1) is 0 Å². The van der Waals surface area contributed by atoms with Gasteiger partial charge >= 0.3 is 17.9 Å². The Hall–Kier alpha value is -1.92. The van der Waals surface area contributed by atoms with Crippen LogP contribution in [-0.4, -0.2) is 81.6 Å². The summed E-state index contributed by atoms with van der Waals surface area (Å²) in [5, 5.41) is 0. The molecule has 0 N–H and O–H groups in total. The van der Waals surface area contributed by atoms with Crippen LogP contribution in [0.25, 0.3) is 0 Å². The smallest absolute Gasteiger partial charge is 0.344 e. The van der Waals surface area contributed by atoms with Gasteiger partial charge in [-0.3, -0.25) is 14.5 Å². The molecule has 1 unspecified atom stereocenters. The van der Waals surface area contributed by atoms with Gasteiger partial charge in [-0.2, -0.15) is 0 Å². The summed E-state index contributed by atoms with van der Waals surface area (Å²) in [6.45, 7) is 2.99. The van der Waals surface area contributed by atoms with Crippen LogP contribution in [0.1, 0.15) is 6.92 Å². The summed E-state index contributed by atoms with van der Waals surface area (Å²) in [5.41, 5.74) is 0. The summed E-state index contributed by atoms with van der Waals surface area (Å²) in [6, 6.07) is 7.19. The first-order valence-corrected chi connectivity index (χ1v) is 10.2. The van der Waals surface area contributed by atoms with Crippen LogP contribution in [0.15, 0.2) is 24.3 Å². The number of morpholine rings is 1. The second kappa shape index (κ2) is 12.6. The SMILES string of the molecule is CC(=O)OCC(COC(=O)COc1ccc(I)cc1)OC(=O)CN1CCOCC1. The van der Waals surface area contributed by atoms with Crippen molar-refractivity contribution in [3.8, 4) is 5.75 Å². The van der Waals surface area contributed by atoms with E-state index in [1.807, 2.05) is 17.0 Å². The number of carbonyl (C=O) groups excluding carboxylic acids is 3. The monoisotopic (exact) mass is 521 g/mol. The minimum atomic E-state index is -0.894. The highest BCUT2D eigenvalue weighted by molar-refractivity contribution is 14.1. The van der Waals surface area contributed by atoms with E-state index in [4.69, 9.17) is 23.7 Å². The fourth-order valence-corrected chi connectivity index (χ4v) is 2.75. The Morgan fingerprint density at radius 2 is 1.72 bits per heavy atom. The molecule has 0 amide bonds. The number of carbonyl (C=O) groups is 3. The van der Waals surface area contributed by atoms with Crippen LogP contribution in [0.2, 0.25) is 0 Å². The molecule has 10 heteroatoms. The van der Waals surface area contributed by atoms with Crippen molar-refractivity contribution in [3.05, 3.63) is 27.8 Å². The molecule has 1 aliphatic heterocycles. The zero-order chi connectivity index (χ0) is 21.1. The lowest BCUT2D eigenvalue weighted by molar-refractivity contribution is -0.168. The maximum Gasteiger partial charge on any atom is 0.344 e. The minimum absolute atomic E-state index is 0.0871. The van der Waals surface area contributed by atoms with E-state index in [1.165, 1.54) is 6.92 Å². The first kappa shape index (κ1) is 23.4. The van der Waals surface area contributed by atoms with Crippen LogP contribution in [-0.2, 0) is 33.3 Å². The van der Waals surface area contributed by atoms with Crippen LogP contribution in [0.4, 0.5) is 0 Å². The quantitative estimate of drug-likeness (QED) is 0.254. The van der Waals surface area contributed by atoms with E-state index in [-0.39, 0.29) is 26.4 Å². The van der Waals surface area contributed by atoms with Crippen molar-refractivity contribution >= 4 is 40.5 Å². The Morgan fingerprint density at radius 3 is 2.38 bits per heavy atom. The van der Waals surface area contributed by atoms with Crippen LogP contribution in [0.5, 0.6) is 5.75 Å². The molecule has 160 valence electrons. The molecule has 1 aromatic rings. The van der Waals surface area contributed by atoms with Crippen molar-refractivity contribution in [1.29, 1.82) is 0 Å². The maximum atomic E-state index is 12.1. The molecular weight excluding hydrogens is 497 g/mol. The molecule has 1 saturated heterocycles. The summed E-state index contributed by atoms with van der Waals surface area (Å²) in [6.07, 6.45) is -0.894. The summed E-state index contributed by atoms with van der Waals surface area (Å²) < 4.78 is 26.9. The van der Waals surface area contributed by atoms with Crippen LogP contribution in [0.3, 0.4) is 0 Å². The first-order valence-electron chi connectivity index (χ1n) is 9.09. The number of nitrogens with zero attached hydrogens (tertiary/aromatic N) is 1. The number of halogens is 1. The van der Waals surface area contributed by atoms with Gasteiger partial charge in [0.2, 0.25) is 0 Å². The Bertz CT molecular complexity index is 675. The van der Waals surface area contributed by atoms with Crippen molar-refractivity contribution in [2.24, 2.45) is 0 Å². The molecule has 0 aromatic heterocycles. The number of ether oxygens (including phenoxy) is 5. The molecule has 1 heterocycles. The summed E-state index contributed by atoms with van der Waals surface area (Å²) in [7, 11) is 0. The van der Waals surface area contributed by atoms with Gasteiger partial charge in [-0.05, 0) is 46.9 Å². The third-order valence-corrected chi connectivity index (χ3v) is 4.55. The van der Waals surface area contributed by atoms with Crippen molar-refractivity contribution in [2.45, 2.75) is 13.0 Å². The van der Waals surface area contributed by atoms with E-state index in [2.05, 4.69) is 22.6 Å². The highest BCUT2D eigenvalue weighted by Gasteiger charge is 2.21. The lowest BCUT2D eigenvalue weighted by Crippen LogP contribution is -2.41. The van der Waals surface area contributed by atoms with Gasteiger partial charge in [0.05, 0.1) is 19.8 Å². The van der Waals surface area contributed by atoms with Crippen molar-refractivity contribution in [3.63, 3.8) is 0 Å². The Balaban J connectivity index is 1.76. The zero-order valence-corrected chi connectivity index (χ0v) is 18.3. The molecule has 1 aliphatic rings. The molecule has 1 fully saturated rings. The number of hydrogen-bond acceptors (Lipinski definition) is 9. The topological polar surface area (TPSA) is 101 Å². The summed E-state index contributed by atoms with van der Waals surface area (Å²) >= 11 is 2.16. The molecule has 9 nitrogen and oxygen atoms in total. The third-order valence-electron chi connectivity index (χ3n) is 3.83. The predicted molar refractivity (Wildman–Crippen MR) is 109 cm³/mol. The highest BCUT2D eigenvalue weighted by atomic mass is 127. The standard InChI is InChI=1S/C19H24INO8/c1-14(22)26-11-17(29-18(23)10-21-6-8-25-9-7-21)12-28-19(24)13-27-16-4-2-15(20)3-5-16/h2-5,17H,6-13H2,1H3.